The molecule has 0 unspecified atom stereocenters. The number of amides is 2. The number of carbonyl (C=O) groups is 2. The Hall–Kier alpha value is -2.10. The van der Waals surface area contributed by atoms with Gasteiger partial charge in [-0.1, -0.05) is 42.2 Å². The monoisotopic (exact) mass is 393 g/mol. The fourth-order valence-electron chi connectivity index (χ4n) is 2.11. The summed E-state index contributed by atoms with van der Waals surface area (Å²) >= 11 is 7.62. The number of benzene rings is 1. The zero-order valence-electron chi connectivity index (χ0n) is 12.8. The summed E-state index contributed by atoms with van der Waals surface area (Å²) in [5.74, 6) is -0.974. The van der Waals surface area contributed by atoms with Crippen molar-refractivity contribution >= 4 is 62.7 Å². The molecule has 0 aliphatic carbocycles. The molecule has 0 spiro atoms. The van der Waals surface area contributed by atoms with Crippen LogP contribution in [0, 0.1) is 5.82 Å². The first-order valence-corrected chi connectivity index (χ1v) is 9.34. The Labute approximate surface area is 156 Å². The van der Waals surface area contributed by atoms with Crippen LogP contribution in [0.2, 0.25) is 0 Å². The molecule has 3 rings (SSSR count). The fourth-order valence-corrected chi connectivity index (χ4v) is 3.95. The summed E-state index contributed by atoms with van der Waals surface area (Å²) in [6.07, 6.45) is 3.17. The molecule has 2 amide bonds. The Morgan fingerprint density at radius 1 is 1.40 bits per heavy atom. The Bertz CT molecular complexity index is 852. The molecular formula is C16H12FN3O2S3. The maximum atomic E-state index is 13.7. The van der Waals surface area contributed by atoms with Crippen LogP contribution in [0.5, 0.6) is 0 Å². The van der Waals surface area contributed by atoms with E-state index >= 15 is 0 Å². The highest BCUT2D eigenvalue weighted by Gasteiger charge is 2.32. The first-order chi connectivity index (χ1) is 12.0. The lowest BCUT2D eigenvalue weighted by atomic mass is 10.2. The number of hydrogen-bond acceptors (Lipinski definition) is 6. The van der Waals surface area contributed by atoms with E-state index in [1.807, 2.05) is 0 Å². The first-order valence-electron chi connectivity index (χ1n) is 7.24. The predicted molar refractivity (Wildman–Crippen MR) is 102 cm³/mol. The van der Waals surface area contributed by atoms with E-state index in [2.05, 4.69) is 10.3 Å². The lowest BCUT2D eigenvalue weighted by Crippen LogP contribution is -2.31. The van der Waals surface area contributed by atoms with Crippen LogP contribution in [0.1, 0.15) is 12.0 Å². The number of carbonyl (C=O) groups excluding carboxylic acids is 2. The lowest BCUT2D eigenvalue weighted by molar-refractivity contribution is -0.122. The fraction of sp³-hybridized carbons (Fsp3) is 0.125. The average Bonchev–Trinajstić information content (AvgIpc) is 3.17. The molecule has 5 nitrogen and oxygen atoms in total. The molecule has 2 heterocycles. The molecule has 1 aromatic carbocycles. The van der Waals surface area contributed by atoms with E-state index in [-0.39, 0.29) is 24.8 Å². The van der Waals surface area contributed by atoms with E-state index in [9.17, 15) is 14.0 Å². The third-order valence-electron chi connectivity index (χ3n) is 3.31. The van der Waals surface area contributed by atoms with Crippen molar-refractivity contribution in [3.05, 3.63) is 52.1 Å². The number of anilines is 1. The van der Waals surface area contributed by atoms with Crippen LogP contribution < -0.4 is 5.32 Å². The van der Waals surface area contributed by atoms with E-state index in [1.54, 1.807) is 29.8 Å². The maximum absolute atomic E-state index is 13.7. The standard InChI is InChI=1S/C16H12FN3O2S3/c17-11-4-2-1-3-10(11)9-12-14(22)20(16(23)25-12)7-5-13(21)19-15-18-6-8-24-15/h1-4,6,8-9H,5,7H2,(H,18,19,21)/b12-9-. The van der Waals surface area contributed by atoms with Gasteiger partial charge in [-0.25, -0.2) is 9.37 Å². The van der Waals surface area contributed by atoms with E-state index in [0.717, 1.165) is 11.8 Å². The Morgan fingerprint density at radius 3 is 2.92 bits per heavy atom. The van der Waals surface area contributed by atoms with Gasteiger partial charge in [0.25, 0.3) is 5.91 Å². The molecule has 0 saturated carbocycles. The van der Waals surface area contributed by atoms with Crippen molar-refractivity contribution < 1.29 is 14.0 Å². The van der Waals surface area contributed by atoms with Crippen LogP contribution in [0.15, 0.2) is 40.7 Å². The van der Waals surface area contributed by atoms with Crippen LogP contribution in [0.4, 0.5) is 9.52 Å². The number of halogens is 1. The second kappa shape index (κ2) is 7.85. The zero-order valence-corrected chi connectivity index (χ0v) is 15.2. The largest absolute Gasteiger partial charge is 0.302 e. The van der Waals surface area contributed by atoms with Gasteiger partial charge in [0.05, 0.1) is 4.91 Å². The van der Waals surface area contributed by atoms with Crippen LogP contribution in [-0.2, 0) is 9.59 Å². The van der Waals surface area contributed by atoms with Gasteiger partial charge in [-0.05, 0) is 12.1 Å². The van der Waals surface area contributed by atoms with Crippen LogP contribution in [-0.4, -0.2) is 32.6 Å². The van der Waals surface area contributed by atoms with Crippen LogP contribution in [0.25, 0.3) is 6.08 Å². The minimum absolute atomic E-state index is 0.0962. The number of nitrogens with one attached hydrogen (secondary N) is 1. The number of thioether (sulfide) groups is 1. The molecule has 1 saturated heterocycles. The third kappa shape index (κ3) is 4.30. The first kappa shape index (κ1) is 17.7. The summed E-state index contributed by atoms with van der Waals surface area (Å²) in [6.45, 7) is 0.163. The minimum Gasteiger partial charge on any atom is -0.302 e. The van der Waals surface area contributed by atoms with Crippen LogP contribution in [0.3, 0.4) is 0 Å². The Morgan fingerprint density at radius 2 is 2.20 bits per heavy atom. The molecule has 128 valence electrons. The lowest BCUT2D eigenvalue weighted by Gasteiger charge is -2.13. The van der Waals surface area contributed by atoms with Crippen molar-refractivity contribution in [3.8, 4) is 0 Å². The molecule has 25 heavy (non-hydrogen) atoms. The number of hydrogen-bond donors (Lipinski definition) is 1. The van der Waals surface area contributed by atoms with Crippen molar-refractivity contribution in [3.63, 3.8) is 0 Å². The SMILES string of the molecule is O=C(CCN1C(=O)/C(=C/c2ccccc2F)SC1=S)Nc1nccs1. The van der Waals surface area contributed by atoms with Crippen molar-refractivity contribution in [2.75, 3.05) is 11.9 Å². The smallest absolute Gasteiger partial charge is 0.266 e. The van der Waals surface area contributed by atoms with Gasteiger partial charge in [-0.2, -0.15) is 0 Å². The van der Waals surface area contributed by atoms with Crippen molar-refractivity contribution in [1.29, 1.82) is 0 Å². The second-order valence-electron chi connectivity index (χ2n) is 4.99. The van der Waals surface area contributed by atoms with Gasteiger partial charge in [0.1, 0.15) is 10.1 Å². The summed E-state index contributed by atoms with van der Waals surface area (Å²) in [5.41, 5.74) is 0.324. The number of aromatic nitrogens is 1. The number of thiocarbonyl (C=S) groups is 1. The van der Waals surface area contributed by atoms with Gasteiger partial charge in [-0.15, -0.1) is 11.3 Å². The predicted octanol–water partition coefficient (Wildman–Crippen LogP) is 3.51. The second-order valence-corrected chi connectivity index (χ2v) is 7.56. The summed E-state index contributed by atoms with van der Waals surface area (Å²) < 4.78 is 14.1. The Balaban J connectivity index is 1.63. The van der Waals surface area contributed by atoms with Gasteiger partial charge >= 0.3 is 0 Å². The normalized spacial score (nSPS) is 15.9. The zero-order chi connectivity index (χ0) is 17.8. The highest BCUT2D eigenvalue weighted by Crippen LogP contribution is 2.33. The Kier molecular flexibility index (Phi) is 5.57. The highest BCUT2D eigenvalue weighted by atomic mass is 32.2. The molecule has 1 aliphatic rings. The third-order valence-corrected chi connectivity index (χ3v) is 5.37. The summed E-state index contributed by atoms with van der Waals surface area (Å²) in [4.78, 5) is 30.0. The molecule has 1 aromatic heterocycles. The summed E-state index contributed by atoms with van der Waals surface area (Å²) in [7, 11) is 0. The van der Waals surface area contributed by atoms with Gasteiger partial charge in [0, 0.05) is 30.1 Å². The van der Waals surface area contributed by atoms with Crippen molar-refractivity contribution in [1.82, 2.24) is 9.88 Å². The van der Waals surface area contributed by atoms with Crippen molar-refractivity contribution in [2.45, 2.75) is 6.42 Å². The molecule has 9 heteroatoms. The van der Waals surface area contributed by atoms with E-state index in [0.29, 0.717) is 19.9 Å². The minimum atomic E-state index is -0.407. The summed E-state index contributed by atoms with van der Waals surface area (Å²) in [5, 5.41) is 4.91. The number of nitrogens with zero attached hydrogens (tertiary/aromatic N) is 2. The summed E-state index contributed by atoms with van der Waals surface area (Å²) in [6, 6.07) is 6.19. The molecule has 0 radical (unpaired) electrons. The quantitative estimate of drug-likeness (QED) is 0.622. The molecule has 1 aliphatic heterocycles. The number of rotatable bonds is 5. The highest BCUT2D eigenvalue weighted by molar-refractivity contribution is 8.26. The van der Waals surface area contributed by atoms with Gasteiger partial charge in [-0.3, -0.25) is 14.5 Å². The molecule has 1 fully saturated rings. The van der Waals surface area contributed by atoms with Crippen molar-refractivity contribution in [2.24, 2.45) is 0 Å². The van der Waals surface area contributed by atoms with Crippen LogP contribution >= 0.6 is 35.3 Å². The van der Waals surface area contributed by atoms with Gasteiger partial charge in [0.15, 0.2) is 5.13 Å². The molecular weight excluding hydrogens is 381 g/mol. The van der Waals surface area contributed by atoms with Gasteiger partial charge in [0.2, 0.25) is 5.91 Å². The maximum Gasteiger partial charge on any atom is 0.266 e. The topological polar surface area (TPSA) is 62.3 Å². The average molecular weight is 393 g/mol. The van der Waals surface area contributed by atoms with Gasteiger partial charge < -0.3 is 5.32 Å². The van der Waals surface area contributed by atoms with E-state index in [1.165, 1.54) is 28.4 Å². The van der Waals surface area contributed by atoms with E-state index < -0.39 is 5.82 Å². The molecule has 0 bridgehead atoms. The number of thiazole rings is 1. The molecule has 1 N–H and O–H groups in total. The molecule has 0 atom stereocenters. The molecule has 2 aromatic rings. The van der Waals surface area contributed by atoms with E-state index in [4.69, 9.17) is 12.2 Å².